The van der Waals surface area contributed by atoms with Crippen LogP contribution in [0.5, 0.6) is 5.75 Å². The summed E-state index contributed by atoms with van der Waals surface area (Å²) in [5.41, 5.74) is 12.0. The van der Waals surface area contributed by atoms with Crippen molar-refractivity contribution >= 4 is 118 Å². The van der Waals surface area contributed by atoms with E-state index in [0.29, 0.717) is 18.4 Å². The van der Waals surface area contributed by atoms with Gasteiger partial charge in [-0.2, -0.15) is 0 Å². The molecule has 18 amide bonds. The minimum Gasteiger partial charge on any atom is -0.508 e. The lowest BCUT2D eigenvalue weighted by atomic mass is 9.98. The van der Waals surface area contributed by atoms with Crippen LogP contribution in [0.4, 0.5) is 0 Å². The maximum absolute atomic E-state index is 14.6. The van der Waals surface area contributed by atoms with Crippen LogP contribution in [0.2, 0.25) is 0 Å². The van der Waals surface area contributed by atoms with E-state index in [4.69, 9.17) is 16.9 Å². The number of benzene rings is 2. The Labute approximate surface area is 770 Å². The largest absolute Gasteiger partial charge is 0.508 e. The normalized spacial score (nSPS) is 16.1. The molecule has 32 N–H and O–H groups in total. The average Bonchev–Trinajstić information content (AvgIpc) is 1.63. The number of H-pyrrole nitrogens is 1. The SMILES string of the molecule is CC[C@H](C)[C@H](NC(=O)[C@@H](NC(=O)[C@H](CC(C)C)NC(=O)[C@H](CO)NC(=O)[C@H](Cc1ccc(O)cc1)NC(=O)[C@H](CO)NC(=O)[C@@H](NC(=O)CNC(=O)[C@H](CO)NC(=O)CNC(=O)[C@H](CO)NC(=O)CNC(=O)[C@H](CCCNC(=N)N)NC(=O)[C@H](Cc1ccccc1)NC(=O)[C@H](Cc1c[nH]cn1)NC(=O)[C@H](C)NC(=O)[C@@H]1CCCN1C(=O)[C@@H](NC(=O)CN)C(C)C)[C@@H](C)O)[C@@H](C)O)C(=O)O. The molecule has 2 heterocycles. The number of aliphatic hydroxyl groups is 6. The summed E-state index contributed by atoms with van der Waals surface area (Å²) in [5, 5.41) is 132. The number of hydrogen-bond donors (Lipinski definition) is 30. The van der Waals surface area contributed by atoms with Gasteiger partial charge in [-0.25, -0.2) is 9.78 Å². The number of hydrogen-bond acceptors (Lipinski definition) is 29. The van der Waals surface area contributed by atoms with Gasteiger partial charge in [-0.3, -0.25) is 91.7 Å². The zero-order valence-corrected chi connectivity index (χ0v) is 75.7. The van der Waals surface area contributed by atoms with Crippen molar-refractivity contribution in [3.63, 3.8) is 0 Å². The van der Waals surface area contributed by atoms with Crippen LogP contribution in [-0.4, -0.2) is 343 Å². The molecule has 51 nitrogen and oxygen atoms in total. The number of carbonyl (C=O) groups is 19. The molecule has 0 spiro atoms. The molecule has 0 unspecified atom stereocenters. The van der Waals surface area contributed by atoms with Crippen LogP contribution in [-0.2, 0) is 110 Å². The lowest BCUT2D eigenvalue weighted by Crippen LogP contribution is -2.62. The van der Waals surface area contributed by atoms with Gasteiger partial charge in [0.1, 0.15) is 96.4 Å². The van der Waals surface area contributed by atoms with E-state index in [1.54, 1.807) is 71.9 Å². The Hall–Kier alpha value is -13.6. The Balaban J connectivity index is 1.38. The summed E-state index contributed by atoms with van der Waals surface area (Å²) in [6.45, 7) is 5.60. The number of likely N-dealkylation sites (tertiary alicyclic amines) is 1. The summed E-state index contributed by atoms with van der Waals surface area (Å²) in [7, 11) is 0. The summed E-state index contributed by atoms with van der Waals surface area (Å²) < 4.78 is 0. The summed E-state index contributed by atoms with van der Waals surface area (Å²) >= 11 is 0. The second kappa shape index (κ2) is 57.0. The molecule has 0 aliphatic carbocycles. The van der Waals surface area contributed by atoms with Gasteiger partial charge in [-0.15, -0.1) is 0 Å². The number of rotatable bonds is 57. The fourth-order valence-electron chi connectivity index (χ4n) is 13.3. The van der Waals surface area contributed by atoms with E-state index >= 15 is 0 Å². The van der Waals surface area contributed by atoms with Crippen molar-refractivity contribution < 1.29 is 132 Å². The van der Waals surface area contributed by atoms with Crippen LogP contribution in [0, 0.1) is 23.2 Å². The van der Waals surface area contributed by atoms with Gasteiger partial charge < -0.3 is 158 Å². The number of carboxylic acid groups (broad SMARTS) is 1. The number of phenolic OH excluding ortho intramolecular Hbond substituents is 1. The monoisotopic (exact) mass is 1890 g/mol. The number of guanidine groups is 1. The first kappa shape index (κ1) is 113. The zero-order valence-electron chi connectivity index (χ0n) is 75.7. The number of amides is 18. The van der Waals surface area contributed by atoms with Gasteiger partial charge in [0.25, 0.3) is 0 Å². The first-order valence-electron chi connectivity index (χ1n) is 43.3. The predicted octanol–water partition coefficient (Wildman–Crippen LogP) is -11.9. The van der Waals surface area contributed by atoms with Crippen LogP contribution >= 0.6 is 0 Å². The number of aromatic nitrogens is 2. The highest BCUT2D eigenvalue weighted by Crippen LogP contribution is 2.22. The first-order valence-corrected chi connectivity index (χ1v) is 43.3. The molecule has 0 bridgehead atoms. The van der Waals surface area contributed by atoms with Gasteiger partial charge in [0.15, 0.2) is 5.96 Å². The highest BCUT2D eigenvalue weighted by Gasteiger charge is 2.42. The van der Waals surface area contributed by atoms with Gasteiger partial charge in [0, 0.05) is 38.5 Å². The number of imidazole rings is 1. The predicted molar refractivity (Wildman–Crippen MR) is 472 cm³/mol. The molecule has 1 aliphatic rings. The van der Waals surface area contributed by atoms with Crippen molar-refractivity contribution in [2.24, 2.45) is 29.2 Å². The van der Waals surface area contributed by atoms with Gasteiger partial charge in [0.05, 0.1) is 76.8 Å². The molecule has 1 saturated heterocycles. The Bertz CT molecular complexity index is 4490. The molecule has 51 heteroatoms. The molecule has 134 heavy (non-hydrogen) atoms. The molecule has 1 aromatic heterocycles. The van der Waals surface area contributed by atoms with Crippen LogP contribution in [0.15, 0.2) is 67.1 Å². The van der Waals surface area contributed by atoms with Crippen molar-refractivity contribution in [3.05, 3.63) is 83.9 Å². The molecule has 18 atom stereocenters. The quantitative estimate of drug-likeness (QED) is 0.0142. The van der Waals surface area contributed by atoms with Crippen molar-refractivity contribution in [2.75, 3.05) is 65.7 Å². The third kappa shape index (κ3) is 37.9. The number of aromatic hydroxyl groups is 1. The molecule has 4 rings (SSSR count). The molecule has 2 aromatic carbocycles. The number of nitrogens with one attached hydrogen (secondary N) is 20. The lowest BCUT2D eigenvalue weighted by Gasteiger charge is -2.31. The van der Waals surface area contributed by atoms with Crippen LogP contribution in [0.25, 0.3) is 0 Å². The Morgan fingerprint density at radius 3 is 1.36 bits per heavy atom. The standard InChI is InChI=1S/C83H128N24O27/c1-10-42(6)65(82(133)134)105-80(131)67(45(9)113)106-75(126)51(26-40(2)3)98-76(127)57(37-110)101-73(124)53(28-47-20-22-49(114)23-21-47)100-77(128)58(38-111)102-79(130)66(44(8)112)104-63(118)34-91-71(122)56(36-109)95-62(117)33-90-70(121)55(35-108)94-61(116)32-89-69(120)50(18-14-24-88-83(85)86)96-72(123)52(27-46-16-12-11-13-17-46)99-74(125)54(29-48-31-87-39-92-48)97-68(119)43(7)93-78(129)59-19-15-25-107(59)81(132)64(41(4)5)103-60(115)30-84/h11-13,16-17,20-23,31,39-45,50-59,64-67,108-114H,10,14-15,18-19,24-30,32-38,84H2,1-9H3,(H,87,92)(H,89,120)(H,90,121)(H,91,122)(H,93,129)(H,94,116)(H,95,117)(H,96,123)(H,97,119)(H,98,127)(H,99,125)(H,100,128)(H,101,124)(H,102,130)(H,103,115)(H,104,118)(H,105,131)(H,106,126)(H,133,134)(H4,85,86,88)/t42-,43-,44+,45+,50-,51-,52-,53-,54-,55-,56-,57-,58-,59-,64-,65-,66-,67-/m0/s1. The topological polar surface area (TPSA) is 811 Å². The molecule has 1 aliphatic heterocycles. The van der Waals surface area contributed by atoms with E-state index in [2.05, 4.69) is 106 Å². The number of carboxylic acids is 1. The Morgan fingerprint density at radius 1 is 0.478 bits per heavy atom. The number of nitrogens with two attached hydrogens (primary N) is 2. The summed E-state index contributed by atoms with van der Waals surface area (Å²) in [6.07, 6.45) is -0.939. The molecule has 1 fully saturated rings. The fourth-order valence-corrected chi connectivity index (χ4v) is 13.3. The second-order valence-electron chi connectivity index (χ2n) is 32.6. The molecule has 0 saturated carbocycles. The second-order valence-corrected chi connectivity index (χ2v) is 32.6. The third-order valence-electron chi connectivity index (χ3n) is 21.0. The third-order valence-corrected chi connectivity index (χ3v) is 21.0. The minimum atomic E-state index is -2.01. The average molecular weight is 1890 g/mol. The Kier molecular flexibility index (Phi) is 47.9. The molecule has 0 radical (unpaired) electrons. The zero-order chi connectivity index (χ0) is 100. The first-order chi connectivity index (χ1) is 63.3. The van der Waals surface area contributed by atoms with E-state index in [1.165, 1.54) is 48.6 Å². The lowest BCUT2D eigenvalue weighted by molar-refractivity contribution is -0.144. The van der Waals surface area contributed by atoms with Crippen molar-refractivity contribution in [1.82, 2.24) is 111 Å². The minimum absolute atomic E-state index is 0.0124. The summed E-state index contributed by atoms with van der Waals surface area (Å²) in [5.74, 6) is -22.1. The van der Waals surface area contributed by atoms with Gasteiger partial charge in [-0.1, -0.05) is 90.4 Å². The van der Waals surface area contributed by atoms with E-state index in [1.807, 2.05) is 0 Å². The summed E-state index contributed by atoms with van der Waals surface area (Å²) in [4.78, 5) is 266. The van der Waals surface area contributed by atoms with Gasteiger partial charge >= 0.3 is 5.97 Å². The van der Waals surface area contributed by atoms with Gasteiger partial charge in [-0.05, 0) is 93.9 Å². The number of nitrogens with zero attached hydrogens (tertiary/aromatic N) is 2. The van der Waals surface area contributed by atoms with E-state index < -0.39 is 279 Å². The molecular weight excluding hydrogens is 1770 g/mol. The van der Waals surface area contributed by atoms with E-state index in [0.717, 1.165) is 13.8 Å². The molecule has 3 aromatic rings. The number of aliphatic hydroxyl groups excluding tert-OH is 6. The number of phenols is 1. The van der Waals surface area contributed by atoms with E-state index in [9.17, 15) is 132 Å². The highest BCUT2D eigenvalue weighted by molar-refractivity contribution is 6.01. The Morgan fingerprint density at radius 2 is 0.896 bits per heavy atom. The number of aliphatic carboxylic acids is 1. The maximum Gasteiger partial charge on any atom is 0.326 e. The van der Waals surface area contributed by atoms with Crippen molar-refractivity contribution in [1.29, 1.82) is 5.41 Å². The van der Waals surface area contributed by atoms with E-state index in [-0.39, 0.29) is 87.0 Å². The maximum atomic E-state index is 14.6. The molecule has 742 valence electrons. The van der Waals surface area contributed by atoms with Crippen molar-refractivity contribution in [2.45, 2.75) is 223 Å². The highest BCUT2D eigenvalue weighted by atomic mass is 16.4. The van der Waals surface area contributed by atoms with Crippen molar-refractivity contribution in [3.8, 4) is 5.75 Å². The van der Waals surface area contributed by atoms with Crippen LogP contribution in [0.3, 0.4) is 0 Å². The number of carbonyl (C=O) groups excluding carboxylic acids is 18. The number of aromatic amines is 1. The smallest absolute Gasteiger partial charge is 0.326 e. The van der Waals surface area contributed by atoms with Crippen LogP contribution < -0.4 is 107 Å². The van der Waals surface area contributed by atoms with Crippen LogP contribution in [0.1, 0.15) is 118 Å². The molecular formula is C83H128N24O27. The fraction of sp³-hybridized carbons (Fsp3) is 0.578. The summed E-state index contributed by atoms with van der Waals surface area (Å²) in [6, 6.07) is -10.6. The van der Waals surface area contributed by atoms with Gasteiger partial charge in [0.2, 0.25) is 106 Å².